The van der Waals surface area contributed by atoms with Crippen molar-refractivity contribution in [1.29, 1.82) is 0 Å². The average Bonchev–Trinajstić information content (AvgIpc) is 2.86. The smallest absolute Gasteiger partial charge is 0.224 e. The lowest BCUT2D eigenvalue weighted by molar-refractivity contribution is -0.122. The fourth-order valence-corrected chi connectivity index (χ4v) is 4.47. The van der Waals surface area contributed by atoms with E-state index in [0.717, 1.165) is 37.1 Å². The van der Waals surface area contributed by atoms with Crippen molar-refractivity contribution in [3.8, 4) is 0 Å². The molecule has 1 aliphatic heterocycles. The van der Waals surface area contributed by atoms with Gasteiger partial charge in [-0.3, -0.25) is 4.79 Å². The minimum Gasteiger partial charge on any atom is -0.390 e. The van der Waals surface area contributed by atoms with Crippen LogP contribution in [0.5, 0.6) is 0 Å². The predicted molar refractivity (Wildman–Crippen MR) is 97.3 cm³/mol. The van der Waals surface area contributed by atoms with Crippen LogP contribution in [0.3, 0.4) is 0 Å². The summed E-state index contributed by atoms with van der Waals surface area (Å²) in [5.41, 5.74) is 3.01. The summed E-state index contributed by atoms with van der Waals surface area (Å²) in [6.07, 6.45) is 1.56. The molecule has 4 nitrogen and oxygen atoms in total. The second-order valence-electron chi connectivity index (χ2n) is 7.15. The van der Waals surface area contributed by atoms with E-state index in [1.165, 1.54) is 5.56 Å². The van der Waals surface area contributed by atoms with Crippen molar-refractivity contribution < 1.29 is 9.90 Å². The maximum absolute atomic E-state index is 12.6. The summed E-state index contributed by atoms with van der Waals surface area (Å²) in [5, 5.41) is 17.6. The number of piperidine rings is 1. The largest absolute Gasteiger partial charge is 0.390 e. The summed E-state index contributed by atoms with van der Waals surface area (Å²) in [6, 6.07) is 17.6. The van der Waals surface area contributed by atoms with Gasteiger partial charge in [0, 0.05) is 5.41 Å². The lowest BCUT2D eigenvalue weighted by Gasteiger charge is -2.38. The minimum atomic E-state index is -0.577. The zero-order valence-corrected chi connectivity index (χ0v) is 14.2. The van der Waals surface area contributed by atoms with Gasteiger partial charge in [0.1, 0.15) is 0 Å². The Bertz CT molecular complexity index is 754. The Morgan fingerprint density at radius 3 is 2.52 bits per heavy atom. The van der Waals surface area contributed by atoms with Crippen LogP contribution in [0.15, 0.2) is 54.6 Å². The van der Waals surface area contributed by atoms with Crippen molar-refractivity contribution in [2.24, 2.45) is 0 Å². The molecule has 1 saturated heterocycles. The molecular weight excluding hydrogens is 312 g/mol. The fraction of sp³-hybridized carbons (Fsp3) is 0.381. The van der Waals surface area contributed by atoms with Gasteiger partial charge in [0.2, 0.25) is 5.91 Å². The molecule has 1 aliphatic carbocycles. The Labute approximate surface area is 148 Å². The molecular formula is C21H24N2O2. The van der Waals surface area contributed by atoms with Crippen LogP contribution in [0, 0.1) is 0 Å². The van der Waals surface area contributed by atoms with E-state index >= 15 is 0 Å². The van der Waals surface area contributed by atoms with Crippen molar-refractivity contribution in [2.45, 2.75) is 36.8 Å². The topological polar surface area (TPSA) is 61.4 Å². The van der Waals surface area contributed by atoms with Crippen LogP contribution >= 0.6 is 0 Å². The summed E-state index contributed by atoms with van der Waals surface area (Å²) in [7, 11) is 0. The normalized spacial score (nSPS) is 24.0. The van der Waals surface area contributed by atoms with Crippen LogP contribution in [0.25, 0.3) is 0 Å². The zero-order chi connectivity index (χ0) is 17.3. The van der Waals surface area contributed by atoms with E-state index in [0.29, 0.717) is 6.42 Å². The summed E-state index contributed by atoms with van der Waals surface area (Å²) < 4.78 is 0. The van der Waals surface area contributed by atoms with Crippen LogP contribution in [0.1, 0.15) is 35.6 Å². The Morgan fingerprint density at radius 2 is 1.76 bits per heavy atom. The van der Waals surface area contributed by atoms with Gasteiger partial charge in [0.25, 0.3) is 0 Å². The molecule has 0 bridgehead atoms. The quantitative estimate of drug-likeness (QED) is 0.804. The second-order valence-corrected chi connectivity index (χ2v) is 7.15. The van der Waals surface area contributed by atoms with E-state index in [-0.39, 0.29) is 17.4 Å². The second kappa shape index (κ2) is 6.62. The van der Waals surface area contributed by atoms with Crippen molar-refractivity contribution in [3.63, 3.8) is 0 Å². The number of aliphatic hydroxyl groups is 1. The van der Waals surface area contributed by atoms with E-state index < -0.39 is 6.10 Å². The molecule has 2 aliphatic rings. The molecule has 0 saturated carbocycles. The van der Waals surface area contributed by atoms with E-state index in [1.54, 1.807) is 0 Å². The molecule has 130 valence electrons. The molecule has 1 heterocycles. The first-order valence-corrected chi connectivity index (χ1v) is 9.02. The van der Waals surface area contributed by atoms with Gasteiger partial charge in [0.15, 0.2) is 0 Å². The van der Waals surface area contributed by atoms with E-state index in [4.69, 9.17) is 0 Å². The van der Waals surface area contributed by atoms with Crippen molar-refractivity contribution in [3.05, 3.63) is 71.3 Å². The third-order valence-electron chi connectivity index (χ3n) is 5.73. The highest BCUT2D eigenvalue weighted by atomic mass is 16.3. The Balaban J connectivity index is 1.58. The molecule has 3 N–H and O–H groups in total. The van der Waals surface area contributed by atoms with Gasteiger partial charge < -0.3 is 15.7 Å². The van der Waals surface area contributed by atoms with Crippen LogP contribution in [0.4, 0.5) is 0 Å². The summed E-state index contributed by atoms with van der Waals surface area (Å²) in [4.78, 5) is 12.6. The molecule has 0 aromatic heterocycles. The molecule has 1 amide bonds. The zero-order valence-electron chi connectivity index (χ0n) is 14.2. The molecule has 0 unspecified atom stereocenters. The first kappa shape index (κ1) is 16.3. The molecule has 2 aromatic carbocycles. The van der Waals surface area contributed by atoms with Gasteiger partial charge in [-0.05, 0) is 42.6 Å². The number of amides is 1. The number of hydrogen-bond acceptors (Lipinski definition) is 3. The highest BCUT2D eigenvalue weighted by molar-refractivity contribution is 5.79. The van der Waals surface area contributed by atoms with E-state index in [2.05, 4.69) is 16.7 Å². The van der Waals surface area contributed by atoms with Gasteiger partial charge in [-0.1, -0.05) is 54.6 Å². The van der Waals surface area contributed by atoms with Crippen LogP contribution in [-0.2, 0) is 16.6 Å². The summed E-state index contributed by atoms with van der Waals surface area (Å²) in [6.45, 7) is 1.80. The van der Waals surface area contributed by atoms with Gasteiger partial charge in [-0.25, -0.2) is 0 Å². The highest BCUT2D eigenvalue weighted by Gasteiger charge is 2.51. The first-order valence-electron chi connectivity index (χ1n) is 9.02. The van der Waals surface area contributed by atoms with Crippen LogP contribution in [-0.4, -0.2) is 30.2 Å². The Morgan fingerprint density at radius 1 is 1.08 bits per heavy atom. The fourth-order valence-electron chi connectivity index (χ4n) is 4.47. The number of benzene rings is 2. The molecule has 4 rings (SSSR count). The molecule has 4 heteroatoms. The number of carbonyl (C=O) groups excluding carboxylic acids is 1. The lowest BCUT2D eigenvalue weighted by Crippen LogP contribution is -2.48. The summed E-state index contributed by atoms with van der Waals surface area (Å²) in [5.74, 6) is -0.0453. The maximum Gasteiger partial charge on any atom is 0.224 e. The predicted octanol–water partition coefficient (Wildman–Crippen LogP) is 2.08. The third kappa shape index (κ3) is 2.86. The van der Waals surface area contributed by atoms with Gasteiger partial charge in [0.05, 0.1) is 18.6 Å². The molecule has 2 aromatic rings. The monoisotopic (exact) mass is 336 g/mol. The summed E-state index contributed by atoms with van der Waals surface area (Å²) >= 11 is 0. The van der Waals surface area contributed by atoms with Crippen LogP contribution in [0.2, 0.25) is 0 Å². The highest BCUT2D eigenvalue weighted by Crippen LogP contribution is 2.49. The number of nitrogens with one attached hydrogen (secondary N) is 2. The number of aliphatic hydroxyl groups excluding tert-OH is 1. The molecule has 1 fully saturated rings. The molecule has 1 spiro atoms. The SMILES string of the molecule is O=C(Cc1ccccc1)N[C@H]1c2ccccc2C2(CCNCC2)[C@@H]1O. The van der Waals surface area contributed by atoms with Gasteiger partial charge >= 0.3 is 0 Å². The molecule has 0 radical (unpaired) electrons. The average molecular weight is 336 g/mol. The minimum absolute atomic E-state index is 0.0453. The number of rotatable bonds is 3. The van der Waals surface area contributed by atoms with Gasteiger partial charge in [-0.15, -0.1) is 0 Å². The Kier molecular flexibility index (Phi) is 4.32. The van der Waals surface area contributed by atoms with Crippen molar-refractivity contribution in [2.75, 3.05) is 13.1 Å². The Hall–Kier alpha value is -2.17. The molecule has 2 atom stereocenters. The van der Waals surface area contributed by atoms with Crippen LogP contribution < -0.4 is 10.6 Å². The third-order valence-corrected chi connectivity index (χ3v) is 5.73. The van der Waals surface area contributed by atoms with E-state index in [1.807, 2.05) is 48.5 Å². The van der Waals surface area contributed by atoms with E-state index in [9.17, 15) is 9.90 Å². The number of fused-ring (bicyclic) bond motifs is 2. The number of carbonyl (C=O) groups is 1. The van der Waals surface area contributed by atoms with Crippen molar-refractivity contribution in [1.82, 2.24) is 10.6 Å². The first-order chi connectivity index (χ1) is 12.2. The lowest BCUT2D eigenvalue weighted by atomic mass is 9.72. The maximum atomic E-state index is 12.6. The van der Waals surface area contributed by atoms with Crippen molar-refractivity contribution >= 4 is 5.91 Å². The van der Waals surface area contributed by atoms with Gasteiger partial charge in [-0.2, -0.15) is 0 Å². The molecule has 25 heavy (non-hydrogen) atoms. The number of hydrogen-bond donors (Lipinski definition) is 3. The standard InChI is InChI=1S/C21H24N2O2/c24-18(14-15-6-2-1-3-7-15)23-19-16-8-4-5-9-17(16)21(20(19)25)10-12-22-13-11-21/h1-9,19-20,22,25H,10-14H2,(H,23,24)/t19-,20+/m0/s1.